The smallest absolute Gasteiger partial charge is 0.156 e. The summed E-state index contributed by atoms with van der Waals surface area (Å²) >= 11 is 0. The maximum atomic E-state index is 13.1. The van der Waals surface area contributed by atoms with Gasteiger partial charge in [-0.2, -0.15) is 15.0 Å². The zero-order chi connectivity index (χ0) is 15.7. The Balaban J connectivity index is 2.19. The van der Waals surface area contributed by atoms with Crippen molar-refractivity contribution in [1.82, 2.24) is 14.8 Å². The number of rotatable bonds is 2. The molecule has 0 fully saturated rings. The van der Waals surface area contributed by atoms with Crippen molar-refractivity contribution in [2.45, 2.75) is 6.92 Å². The molecule has 3 aromatic rings. The summed E-state index contributed by atoms with van der Waals surface area (Å²) in [6, 6.07) is 13.3. The normalized spacial score (nSPS) is 10.4. The number of nitrogen functional groups attached to an aromatic ring is 1. The van der Waals surface area contributed by atoms with Crippen LogP contribution in [-0.4, -0.2) is 14.8 Å². The van der Waals surface area contributed by atoms with E-state index in [9.17, 15) is 9.65 Å². The summed E-state index contributed by atoms with van der Waals surface area (Å²) in [4.78, 5) is 4.35. The van der Waals surface area contributed by atoms with Gasteiger partial charge in [0.05, 0.1) is 0 Å². The van der Waals surface area contributed by atoms with Gasteiger partial charge in [0.1, 0.15) is 29.0 Å². The molecule has 0 unspecified atom stereocenters. The SMILES string of the molecule is Cc1cccc(-n2nc(-c3ccc(F)cc3)c(C#N)c2N)n1. The van der Waals surface area contributed by atoms with Crippen LogP contribution in [0.5, 0.6) is 0 Å². The fourth-order valence-electron chi connectivity index (χ4n) is 2.17. The summed E-state index contributed by atoms with van der Waals surface area (Å²) in [5.74, 6) is 0.386. The van der Waals surface area contributed by atoms with E-state index in [1.54, 1.807) is 18.2 Å². The minimum atomic E-state index is -0.352. The fourth-order valence-corrected chi connectivity index (χ4v) is 2.17. The average Bonchev–Trinajstić information content (AvgIpc) is 2.85. The number of aromatic nitrogens is 3. The van der Waals surface area contributed by atoms with E-state index in [0.29, 0.717) is 17.1 Å². The van der Waals surface area contributed by atoms with Gasteiger partial charge in [0.2, 0.25) is 0 Å². The lowest BCUT2D eigenvalue weighted by Gasteiger charge is -2.03. The van der Waals surface area contributed by atoms with E-state index in [2.05, 4.69) is 16.2 Å². The monoisotopic (exact) mass is 293 g/mol. The van der Waals surface area contributed by atoms with E-state index in [0.717, 1.165) is 5.69 Å². The van der Waals surface area contributed by atoms with Crippen LogP contribution in [0.15, 0.2) is 42.5 Å². The third-order valence-corrected chi connectivity index (χ3v) is 3.24. The molecule has 0 saturated heterocycles. The zero-order valence-electron chi connectivity index (χ0n) is 11.8. The van der Waals surface area contributed by atoms with Gasteiger partial charge in [-0.25, -0.2) is 9.37 Å². The second-order valence-corrected chi connectivity index (χ2v) is 4.78. The molecule has 108 valence electrons. The minimum Gasteiger partial charge on any atom is -0.382 e. The number of anilines is 1. The topological polar surface area (TPSA) is 80.5 Å². The summed E-state index contributed by atoms with van der Waals surface area (Å²) in [6.07, 6.45) is 0. The predicted octanol–water partition coefficient (Wildman–Crippen LogP) is 2.84. The van der Waals surface area contributed by atoms with Gasteiger partial charge in [-0.1, -0.05) is 6.07 Å². The van der Waals surface area contributed by atoms with Crippen LogP contribution >= 0.6 is 0 Å². The molecular weight excluding hydrogens is 281 g/mol. The molecule has 22 heavy (non-hydrogen) atoms. The van der Waals surface area contributed by atoms with Crippen molar-refractivity contribution in [3.63, 3.8) is 0 Å². The molecule has 0 atom stereocenters. The van der Waals surface area contributed by atoms with E-state index in [-0.39, 0.29) is 17.2 Å². The molecule has 0 bridgehead atoms. The van der Waals surface area contributed by atoms with Crippen molar-refractivity contribution in [3.05, 3.63) is 59.5 Å². The molecule has 1 aromatic carbocycles. The molecular formula is C16H12FN5. The molecule has 2 aromatic heterocycles. The summed E-state index contributed by atoms with van der Waals surface area (Å²) in [7, 11) is 0. The Morgan fingerprint density at radius 2 is 1.91 bits per heavy atom. The predicted molar refractivity (Wildman–Crippen MR) is 80.6 cm³/mol. The summed E-state index contributed by atoms with van der Waals surface area (Å²) in [6.45, 7) is 1.86. The van der Waals surface area contributed by atoms with Gasteiger partial charge in [0.25, 0.3) is 0 Å². The molecule has 2 N–H and O–H groups in total. The van der Waals surface area contributed by atoms with Gasteiger partial charge in [-0.3, -0.25) is 0 Å². The van der Waals surface area contributed by atoms with Crippen molar-refractivity contribution in [2.75, 3.05) is 5.73 Å². The first kappa shape index (κ1) is 13.8. The molecule has 0 aliphatic carbocycles. The standard InChI is InChI=1S/C16H12FN5/c1-10-3-2-4-14(20-10)22-16(19)13(9-18)15(21-22)11-5-7-12(17)8-6-11/h2-8H,19H2,1H3. The first-order chi connectivity index (χ1) is 10.6. The van der Waals surface area contributed by atoms with Gasteiger partial charge in [0.15, 0.2) is 5.82 Å². The van der Waals surface area contributed by atoms with Gasteiger partial charge >= 0.3 is 0 Å². The molecule has 2 heterocycles. The van der Waals surface area contributed by atoms with Crippen molar-refractivity contribution < 1.29 is 4.39 Å². The number of benzene rings is 1. The van der Waals surface area contributed by atoms with Crippen LogP contribution in [0.3, 0.4) is 0 Å². The molecule has 3 rings (SSSR count). The molecule has 0 aliphatic heterocycles. The lowest BCUT2D eigenvalue weighted by Crippen LogP contribution is -2.05. The number of hydrogen-bond acceptors (Lipinski definition) is 4. The number of nitriles is 1. The highest BCUT2D eigenvalue weighted by molar-refractivity contribution is 5.73. The number of nitrogens with two attached hydrogens (primary N) is 1. The molecule has 5 nitrogen and oxygen atoms in total. The average molecular weight is 293 g/mol. The zero-order valence-corrected chi connectivity index (χ0v) is 11.8. The Bertz CT molecular complexity index is 875. The van der Waals surface area contributed by atoms with Crippen LogP contribution in [0.25, 0.3) is 17.1 Å². The lowest BCUT2D eigenvalue weighted by atomic mass is 10.1. The molecule has 0 radical (unpaired) electrons. The molecule has 0 aliphatic rings. The van der Waals surface area contributed by atoms with Crippen LogP contribution in [0.1, 0.15) is 11.3 Å². The van der Waals surface area contributed by atoms with Crippen LogP contribution in [0.2, 0.25) is 0 Å². The maximum Gasteiger partial charge on any atom is 0.156 e. The molecule has 0 amide bonds. The first-order valence-corrected chi connectivity index (χ1v) is 6.58. The van der Waals surface area contributed by atoms with Gasteiger partial charge in [-0.05, 0) is 43.3 Å². The Morgan fingerprint density at radius 3 is 2.55 bits per heavy atom. The van der Waals surface area contributed by atoms with E-state index < -0.39 is 0 Å². The minimum absolute atomic E-state index is 0.208. The van der Waals surface area contributed by atoms with E-state index >= 15 is 0 Å². The Hall–Kier alpha value is -3.20. The maximum absolute atomic E-state index is 13.1. The first-order valence-electron chi connectivity index (χ1n) is 6.58. The summed E-state index contributed by atoms with van der Waals surface area (Å²) in [5, 5.41) is 13.7. The highest BCUT2D eigenvalue weighted by atomic mass is 19.1. The number of nitrogens with zero attached hydrogens (tertiary/aromatic N) is 4. The fraction of sp³-hybridized carbons (Fsp3) is 0.0625. The second-order valence-electron chi connectivity index (χ2n) is 4.78. The quantitative estimate of drug-likeness (QED) is 0.787. The van der Waals surface area contributed by atoms with Crippen LogP contribution < -0.4 is 5.73 Å². The number of aryl methyl sites for hydroxylation is 1. The third kappa shape index (κ3) is 2.29. The third-order valence-electron chi connectivity index (χ3n) is 3.24. The van der Waals surface area contributed by atoms with Crippen molar-refractivity contribution in [2.24, 2.45) is 0 Å². The Morgan fingerprint density at radius 1 is 1.18 bits per heavy atom. The van der Waals surface area contributed by atoms with Gasteiger partial charge in [0, 0.05) is 11.3 Å². The Kier molecular flexibility index (Phi) is 3.31. The van der Waals surface area contributed by atoms with Crippen LogP contribution in [-0.2, 0) is 0 Å². The molecule has 6 heteroatoms. The highest BCUT2D eigenvalue weighted by Crippen LogP contribution is 2.28. The summed E-state index contributed by atoms with van der Waals surface area (Å²) < 4.78 is 14.5. The number of hydrogen-bond donors (Lipinski definition) is 1. The summed E-state index contributed by atoms with van der Waals surface area (Å²) in [5.41, 5.74) is 8.11. The largest absolute Gasteiger partial charge is 0.382 e. The van der Waals surface area contributed by atoms with E-state index in [1.165, 1.54) is 16.8 Å². The number of halogens is 1. The van der Waals surface area contributed by atoms with Crippen molar-refractivity contribution >= 4 is 5.82 Å². The van der Waals surface area contributed by atoms with Crippen molar-refractivity contribution in [1.29, 1.82) is 5.26 Å². The number of pyridine rings is 1. The lowest BCUT2D eigenvalue weighted by molar-refractivity contribution is 0.628. The highest BCUT2D eigenvalue weighted by Gasteiger charge is 2.18. The van der Waals surface area contributed by atoms with E-state index in [4.69, 9.17) is 5.73 Å². The van der Waals surface area contributed by atoms with Gasteiger partial charge in [-0.15, -0.1) is 0 Å². The second kappa shape index (κ2) is 5.30. The van der Waals surface area contributed by atoms with Crippen molar-refractivity contribution in [3.8, 4) is 23.1 Å². The van der Waals surface area contributed by atoms with Crippen LogP contribution in [0.4, 0.5) is 10.2 Å². The molecule has 0 saturated carbocycles. The van der Waals surface area contributed by atoms with Gasteiger partial charge < -0.3 is 5.73 Å². The van der Waals surface area contributed by atoms with E-state index in [1.807, 2.05) is 19.1 Å². The van der Waals surface area contributed by atoms with Crippen LogP contribution in [0, 0.1) is 24.1 Å². The Labute approximate surface area is 126 Å². The molecule has 0 spiro atoms.